The monoisotopic (exact) mass is 539 g/mol. The van der Waals surface area contributed by atoms with Crippen LogP contribution in [-0.4, -0.2) is 40.1 Å². The number of nitrogens with zero attached hydrogens (tertiary/aromatic N) is 5. The van der Waals surface area contributed by atoms with Crippen molar-refractivity contribution >= 4 is 45.8 Å². The number of amides is 1. The van der Waals surface area contributed by atoms with Crippen LogP contribution >= 0.6 is 0 Å². The van der Waals surface area contributed by atoms with Crippen molar-refractivity contribution in [2.24, 2.45) is 5.92 Å². The van der Waals surface area contributed by atoms with Gasteiger partial charge in [0.1, 0.15) is 23.5 Å². The number of hydrogen-bond donors (Lipinski definition) is 2. The number of H-pyrrole nitrogens is 1. The number of rotatable bonds is 5. The zero-order chi connectivity index (χ0) is 28.0. The number of benzene rings is 2. The van der Waals surface area contributed by atoms with Crippen LogP contribution in [0.25, 0.3) is 11.1 Å². The number of methoxy groups -OCH3 is 1. The van der Waals surface area contributed by atoms with E-state index in [9.17, 15) is 14.9 Å². The smallest absolute Gasteiger partial charge is 0.417 e. The molecule has 0 radical (unpaired) electrons. The molecule has 2 aromatic heterocycles. The normalized spacial score (nSPS) is 20.8. The molecule has 0 bridgehead atoms. The minimum Gasteiger partial charge on any atom is -0.495 e. The van der Waals surface area contributed by atoms with Crippen molar-refractivity contribution in [1.29, 1.82) is 5.26 Å². The van der Waals surface area contributed by atoms with E-state index in [0.717, 1.165) is 25.7 Å². The number of ether oxygens (including phenoxy) is 1. The Labute approximate surface area is 230 Å². The predicted molar refractivity (Wildman–Crippen MR) is 150 cm³/mol. The van der Waals surface area contributed by atoms with Gasteiger partial charge in [0.2, 0.25) is 5.95 Å². The van der Waals surface area contributed by atoms with E-state index in [4.69, 9.17) is 14.1 Å². The Kier molecular flexibility index (Phi) is 6.38. The van der Waals surface area contributed by atoms with Crippen molar-refractivity contribution in [1.82, 2.24) is 15.0 Å². The highest BCUT2D eigenvalue weighted by molar-refractivity contribution is 6.10. The summed E-state index contributed by atoms with van der Waals surface area (Å²) in [5, 5.41) is 12.9. The Morgan fingerprint density at radius 3 is 2.67 bits per heavy atom. The number of fused-ring (bicyclic) bond motifs is 2. The first kappa shape index (κ1) is 25.4. The van der Waals surface area contributed by atoms with E-state index in [-0.39, 0.29) is 11.9 Å². The summed E-state index contributed by atoms with van der Waals surface area (Å²) in [4.78, 5) is 41.3. The molecule has 4 aromatic rings. The van der Waals surface area contributed by atoms with Crippen LogP contribution in [0, 0.1) is 17.2 Å². The van der Waals surface area contributed by atoms with Gasteiger partial charge in [0.05, 0.1) is 30.1 Å². The van der Waals surface area contributed by atoms with E-state index in [1.807, 2.05) is 6.92 Å². The van der Waals surface area contributed by atoms with Crippen molar-refractivity contribution in [2.75, 3.05) is 22.2 Å². The van der Waals surface area contributed by atoms with Gasteiger partial charge in [0, 0.05) is 17.8 Å². The molecule has 40 heavy (non-hydrogen) atoms. The van der Waals surface area contributed by atoms with Crippen molar-refractivity contribution in [3.63, 3.8) is 0 Å². The van der Waals surface area contributed by atoms with Gasteiger partial charge < -0.3 is 19.4 Å². The average Bonchev–Trinajstić information content (AvgIpc) is 3.33. The van der Waals surface area contributed by atoms with E-state index in [1.54, 1.807) is 47.5 Å². The first-order chi connectivity index (χ1) is 19.4. The number of hydrogen-bond acceptors (Lipinski definition) is 9. The molecular formula is C29H29N7O4. The van der Waals surface area contributed by atoms with Gasteiger partial charge in [-0.2, -0.15) is 10.2 Å². The largest absolute Gasteiger partial charge is 0.495 e. The van der Waals surface area contributed by atoms with Crippen LogP contribution in [0.1, 0.15) is 45.1 Å². The highest BCUT2D eigenvalue weighted by Crippen LogP contribution is 2.43. The summed E-state index contributed by atoms with van der Waals surface area (Å²) < 4.78 is 10.5. The molecule has 1 fully saturated rings. The standard InChI is InChI=1S/C29H29N7O4/c1-16-4-7-20(8-5-16)35-17(2)27(37)36(21-9-11-24(39-3)18(12-21)14-30)23-15-31-28(34-26(23)35)32-19-6-10-22-25(13-19)40-29(38)33-22/h6,9-13,15-17,20H,4-5,7-8H2,1-3H3,(H,33,38)(H,31,32,34)/t16?,17-,20?/m1/s1. The number of aromatic nitrogens is 3. The summed E-state index contributed by atoms with van der Waals surface area (Å²) in [5.74, 6) is 1.45. The van der Waals surface area contributed by atoms with Crippen LogP contribution in [0.2, 0.25) is 0 Å². The lowest BCUT2D eigenvalue weighted by Gasteiger charge is -2.46. The van der Waals surface area contributed by atoms with Gasteiger partial charge >= 0.3 is 5.76 Å². The molecule has 1 saturated carbocycles. The minimum atomic E-state index is -0.522. The molecular weight excluding hydrogens is 510 g/mol. The molecule has 11 heteroatoms. The lowest BCUT2D eigenvalue weighted by atomic mass is 9.85. The highest BCUT2D eigenvalue weighted by Gasteiger charge is 2.42. The van der Waals surface area contributed by atoms with Crippen LogP contribution < -0.4 is 25.6 Å². The second-order valence-corrected chi connectivity index (χ2v) is 10.4. The quantitative estimate of drug-likeness (QED) is 0.359. The highest BCUT2D eigenvalue weighted by atomic mass is 16.5. The van der Waals surface area contributed by atoms with Crippen LogP contribution in [-0.2, 0) is 4.79 Å². The third-order valence-corrected chi connectivity index (χ3v) is 7.85. The SMILES string of the molecule is COc1ccc(N2C(=O)[C@@H](C)N(C3CCC(C)CC3)c3nc(Nc4ccc5[nH]c(=O)oc5c4)ncc32)cc1C#N. The number of carbonyl (C=O) groups excluding carboxylic acids is 1. The molecule has 2 N–H and O–H groups in total. The number of anilines is 5. The molecule has 1 amide bonds. The van der Waals surface area contributed by atoms with E-state index in [2.05, 4.69) is 33.2 Å². The molecule has 3 heterocycles. The fourth-order valence-electron chi connectivity index (χ4n) is 5.73. The summed E-state index contributed by atoms with van der Waals surface area (Å²) in [6.45, 7) is 4.17. The number of nitriles is 1. The van der Waals surface area contributed by atoms with Gasteiger partial charge in [-0.05, 0) is 68.9 Å². The van der Waals surface area contributed by atoms with Gasteiger partial charge in [-0.25, -0.2) is 9.78 Å². The molecule has 1 atom stereocenters. The molecule has 204 valence electrons. The molecule has 1 aliphatic carbocycles. The van der Waals surface area contributed by atoms with E-state index in [1.165, 1.54) is 7.11 Å². The van der Waals surface area contributed by atoms with Gasteiger partial charge in [0.15, 0.2) is 11.4 Å². The fraction of sp³-hybridized carbons (Fsp3) is 0.345. The number of nitrogens with one attached hydrogen (secondary N) is 2. The first-order valence-electron chi connectivity index (χ1n) is 13.3. The molecule has 11 nitrogen and oxygen atoms in total. The van der Waals surface area contributed by atoms with Gasteiger partial charge in [-0.3, -0.25) is 14.7 Å². The first-order valence-corrected chi connectivity index (χ1v) is 13.3. The fourth-order valence-corrected chi connectivity index (χ4v) is 5.73. The Bertz CT molecular complexity index is 1700. The Balaban J connectivity index is 1.44. The van der Waals surface area contributed by atoms with Crippen molar-refractivity contribution in [3.8, 4) is 11.8 Å². The third kappa shape index (κ3) is 4.41. The van der Waals surface area contributed by atoms with E-state index >= 15 is 0 Å². The maximum atomic E-state index is 13.9. The average molecular weight is 540 g/mol. The van der Waals surface area contributed by atoms with E-state index in [0.29, 0.717) is 57.2 Å². The van der Waals surface area contributed by atoms with Crippen molar-refractivity contribution < 1.29 is 13.9 Å². The minimum absolute atomic E-state index is 0.113. The zero-order valence-corrected chi connectivity index (χ0v) is 22.5. The third-order valence-electron chi connectivity index (χ3n) is 7.85. The van der Waals surface area contributed by atoms with Crippen molar-refractivity contribution in [3.05, 3.63) is 58.7 Å². The van der Waals surface area contributed by atoms with Gasteiger partial charge in [-0.15, -0.1) is 0 Å². The Morgan fingerprint density at radius 1 is 1.12 bits per heavy atom. The number of carbonyl (C=O) groups is 1. The Morgan fingerprint density at radius 2 is 1.93 bits per heavy atom. The summed E-state index contributed by atoms with van der Waals surface area (Å²) >= 11 is 0. The molecule has 0 unspecified atom stereocenters. The van der Waals surface area contributed by atoms with Crippen LogP contribution in [0.3, 0.4) is 0 Å². The number of oxazole rings is 1. The van der Waals surface area contributed by atoms with Gasteiger partial charge in [0.25, 0.3) is 5.91 Å². The molecule has 0 saturated heterocycles. The van der Waals surface area contributed by atoms with Crippen LogP contribution in [0.4, 0.5) is 28.8 Å². The molecule has 2 aromatic carbocycles. The Hall–Kier alpha value is -4.85. The second-order valence-electron chi connectivity index (χ2n) is 10.4. The topological polar surface area (TPSA) is 140 Å². The lowest BCUT2D eigenvalue weighted by Crippen LogP contribution is -2.55. The summed E-state index contributed by atoms with van der Waals surface area (Å²) in [6, 6.07) is 12.2. The summed E-state index contributed by atoms with van der Waals surface area (Å²) in [7, 11) is 1.51. The van der Waals surface area contributed by atoms with E-state index < -0.39 is 11.8 Å². The molecule has 6 rings (SSSR count). The van der Waals surface area contributed by atoms with Gasteiger partial charge in [-0.1, -0.05) is 6.92 Å². The maximum Gasteiger partial charge on any atom is 0.417 e. The van der Waals surface area contributed by atoms with Crippen LogP contribution in [0.15, 0.2) is 51.8 Å². The zero-order valence-electron chi connectivity index (χ0n) is 22.5. The number of aromatic amines is 1. The molecule has 0 spiro atoms. The van der Waals surface area contributed by atoms with Crippen molar-refractivity contribution in [2.45, 2.75) is 51.6 Å². The summed E-state index contributed by atoms with van der Waals surface area (Å²) in [6.07, 6.45) is 5.75. The second kappa shape index (κ2) is 10.0. The lowest BCUT2D eigenvalue weighted by molar-refractivity contribution is -0.119. The van der Waals surface area contributed by atoms with Crippen LogP contribution in [0.5, 0.6) is 5.75 Å². The predicted octanol–water partition coefficient (Wildman–Crippen LogP) is 4.99. The maximum absolute atomic E-state index is 13.9. The molecule has 1 aliphatic heterocycles. The summed E-state index contributed by atoms with van der Waals surface area (Å²) in [5.41, 5.74) is 3.09. The molecule has 2 aliphatic rings.